The molecule has 0 aromatic carbocycles. The number of amides is 4. The lowest BCUT2D eigenvalue weighted by atomic mass is 10.1. The van der Waals surface area contributed by atoms with E-state index in [-0.39, 0.29) is 18.9 Å². The number of hydrogen-bond acceptors (Lipinski definition) is 7. The Balaban J connectivity index is 2.18. The van der Waals surface area contributed by atoms with Crippen LogP contribution < -0.4 is 20.1 Å². The second kappa shape index (κ2) is 13.6. The molecule has 1 saturated carbocycles. The van der Waals surface area contributed by atoms with Crippen molar-refractivity contribution in [3.63, 3.8) is 0 Å². The third kappa shape index (κ3) is 9.20. The molecule has 4 amide bonds. The molecule has 0 unspecified atom stereocenters. The number of rotatable bonds is 13. The van der Waals surface area contributed by atoms with Gasteiger partial charge in [-0.2, -0.15) is 13.1 Å². The summed E-state index contributed by atoms with van der Waals surface area (Å²) in [6.07, 6.45) is 7.32. The van der Waals surface area contributed by atoms with E-state index in [0.717, 1.165) is 19.3 Å². The highest BCUT2D eigenvalue weighted by atomic mass is 32.2. The summed E-state index contributed by atoms with van der Waals surface area (Å²) in [7, 11) is -4.09. The molecule has 0 radical (unpaired) electrons. The maximum absolute atomic E-state index is 13.5. The molecule has 12 nitrogen and oxygen atoms in total. The second-order valence-electron chi connectivity index (χ2n) is 11.1. The van der Waals surface area contributed by atoms with Crippen LogP contribution >= 0.6 is 0 Å². The van der Waals surface area contributed by atoms with Gasteiger partial charge >= 0.3 is 16.3 Å². The lowest BCUT2D eigenvalue weighted by molar-refractivity contribution is -0.141. The minimum Gasteiger partial charge on any atom is -0.444 e. The van der Waals surface area contributed by atoms with E-state index in [0.29, 0.717) is 25.8 Å². The molecule has 2 aliphatic rings. The Kier molecular flexibility index (Phi) is 11.3. The van der Waals surface area contributed by atoms with Gasteiger partial charge in [-0.25, -0.2) is 9.52 Å². The van der Waals surface area contributed by atoms with E-state index in [1.54, 1.807) is 34.6 Å². The summed E-state index contributed by atoms with van der Waals surface area (Å²) in [5.41, 5.74) is -2.17. The van der Waals surface area contributed by atoms with E-state index < -0.39 is 57.2 Å². The van der Waals surface area contributed by atoms with Crippen LogP contribution in [0.2, 0.25) is 0 Å². The summed E-state index contributed by atoms with van der Waals surface area (Å²) in [4.78, 5) is 53.6. The second-order valence-corrected chi connectivity index (χ2v) is 12.6. The van der Waals surface area contributed by atoms with Crippen molar-refractivity contribution in [3.05, 3.63) is 12.2 Å². The average molecular weight is 572 g/mol. The molecule has 4 N–H and O–H groups in total. The number of ether oxygens (including phenoxy) is 1. The Morgan fingerprint density at radius 2 is 1.85 bits per heavy atom. The van der Waals surface area contributed by atoms with Crippen LogP contribution in [0.3, 0.4) is 0 Å². The Morgan fingerprint density at radius 1 is 1.15 bits per heavy atom. The fourth-order valence-electron chi connectivity index (χ4n) is 4.60. The molecule has 4 atom stereocenters. The van der Waals surface area contributed by atoms with Gasteiger partial charge in [-0.1, -0.05) is 45.8 Å². The minimum atomic E-state index is -4.09. The quantitative estimate of drug-likeness (QED) is 0.194. The van der Waals surface area contributed by atoms with Crippen molar-refractivity contribution in [2.24, 2.45) is 5.92 Å². The van der Waals surface area contributed by atoms with E-state index in [4.69, 9.17) is 4.74 Å². The van der Waals surface area contributed by atoms with Gasteiger partial charge in [0.05, 0.1) is 0 Å². The molecule has 0 aromatic rings. The highest BCUT2D eigenvalue weighted by Gasteiger charge is 2.61. The maximum Gasteiger partial charge on any atom is 0.408 e. The van der Waals surface area contributed by atoms with E-state index in [1.165, 1.54) is 4.90 Å². The number of likely N-dealkylation sites (tertiary alicyclic amines) is 1. The fourth-order valence-corrected chi connectivity index (χ4v) is 5.48. The predicted molar refractivity (Wildman–Crippen MR) is 147 cm³/mol. The zero-order chi connectivity index (χ0) is 29.4. The number of nitrogens with one attached hydrogen (secondary N) is 4. The lowest BCUT2D eigenvalue weighted by Crippen LogP contribution is -2.58. The van der Waals surface area contributed by atoms with Gasteiger partial charge in [0.2, 0.25) is 11.8 Å². The first-order chi connectivity index (χ1) is 18.2. The number of carbonyl (C=O) groups excluding carboxylic acids is 4. The van der Waals surface area contributed by atoms with Crippen molar-refractivity contribution in [1.82, 2.24) is 25.0 Å². The Hall–Kier alpha value is -2.67. The first kappa shape index (κ1) is 32.5. The maximum atomic E-state index is 13.5. The van der Waals surface area contributed by atoms with Gasteiger partial charge < -0.3 is 20.3 Å². The topological polar surface area (TPSA) is 163 Å². The predicted octanol–water partition coefficient (Wildman–Crippen LogP) is 1.87. The van der Waals surface area contributed by atoms with E-state index in [9.17, 15) is 27.6 Å². The SMILES string of the molecule is CCCC/C=C\[C@@H]1C[C@]1(NC(=O)[C@@H]1CCCN1C(=O)[C@H](CC)NC(=O)OC(C)(C)C)C(=O)NS(=O)(=O)NCC. The normalized spacial score (nSPS) is 23.8. The summed E-state index contributed by atoms with van der Waals surface area (Å²) in [5, 5.41) is 5.36. The van der Waals surface area contributed by atoms with E-state index >= 15 is 0 Å². The Bertz CT molecular complexity index is 1040. The highest BCUT2D eigenvalue weighted by Crippen LogP contribution is 2.45. The van der Waals surface area contributed by atoms with Crippen molar-refractivity contribution in [2.75, 3.05) is 13.1 Å². The van der Waals surface area contributed by atoms with Gasteiger partial charge in [0.1, 0.15) is 23.2 Å². The summed E-state index contributed by atoms with van der Waals surface area (Å²) in [6, 6.07) is -1.74. The first-order valence-corrected chi connectivity index (χ1v) is 15.3. The molecule has 1 heterocycles. The smallest absolute Gasteiger partial charge is 0.408 e. The molecular formula is C26H45N5O7S. The molecule has 13 heteroatoms. The summed E-state index contributed by atoms with van der Waals surface area (Å²) in [5.74, 6) is -2.15. The third-order valence-corrected chi connectivity index (χ3v) is 7.78. The Morgan fingerprint density at radius 3 is 2.44 bits per heavy atom. The monoisotopic (exact) mass is 571 g/mol. The zero-order valence-corrected chi connectivity index (χ0v) is 24.8. The lowest BCUT2D eigenvalue weighted by Gasteiger charge is -2.30. The first-order valence-electron chi connectivity index (χ1n) is 13.8. The summed E-state index contributed by atoms with van der Waals surface area (Å²) >= 11 is 0. The zero-order valence-electron chi connectivity index (χ0n) is 24.0. The summed E-state index contributed by atoms with van der Waals surface area (Å²) in [6.45, 7) is 11.0. The van der Waals surface area contributed by atoms with Gasteiger partial charge in [0.25, 0.3) is 5.91 Å². The van der Waals surface area contributed by atoms with Crippen LogP contribution in [0.4, 0.5) is 4.79 Å². The summed E-state index contributed by atoms with van der Waals surface area (Å²) < 4.78 is 33.9. The van der Waals surface area contributed by atoms with Crippen molar-refractivity contribution in [3.8, 4) is 0 Å². The molecule has 1 saturated heterocycles. The largest absolute Gasteiger partial charge is 0.444 e. The van der Waals surface area contributed by atoms with Crippen molar-refractivity contribution in [1.29, 1.82) is 0 Å². The molecule has 2 fully saturated rings. The van der Waals surface area contributed by atoms with Crippen LogP contribution in [0.1, 0.15) is 86.5 Å². The van der Waals surface area contributed by atoms with Crippen molar-refractivity contribution >= 4 is 34.0 Å². The fraction of sp³-hybridized carbons (Fsp3) is 0.769. The Labute approximate surface area is 232 Å². The molecule has 222 valence electrons. The number of allylic oxidation sites excluding steroid dienone is 1. The number of hydrogen-bond donors (Lipinski definition) is 4. The molecule has 39 heavy (non-hydrogen) atoms. The van der Waals surface area contributed by atoms with Crippen molar-refractivity contribution < 1.29 is 32.3 Å². The van der Waals surface area contributed by atoms with Crippen LogP contribution in [0.5, 0.6) is 0 Å². The number of alkyl carbamates (subject to hydrolysis) is 1. The number of carbonyl (C=O) groups is 4. The molecular weight excluding hydrogens is 526 g/mol. The third-order valence-electron chi connectivity index (χ3n) is 6.66. The van der Waals surface area contributed by atoms with E-state index in [2.05, 4.69) is 22.3 Å². The number of nitrogens with zero attached hydrogens (tertiary/aromatic N) is 1. The van der Waals surface area contributed by atoms with E-state index in [1.807, 2.05) is 16.9 Å². The molecule has 0 spiro atoms. The van der Waals surface area contributed by atoms with Gasteiger partial charge in [-0.15, -0.1) is 0 Å². The van der Waals surface area contributed by atoms with Gasteiger partial charge in [-0.3, -0.25) is 14.4 Å². The van der Waals surface area contributed by atoms with Crippen LogP contribution in [0.25, 0.3) is 0 Å². The van der Waals surface area contributed by atoms with Crippen LogP contribution in [0.15, 0.2) is 12.2 Å². The molecule has 2 rings (SSSR count). The van der Waals surface area contributed by atoms with Crippen LogP contribution in [0, 0.1) is 5.92 Å². The number of unbranched alkanes of at least 4 members (excludes halogenated alkanes) is 2. The highest BCUT2D eigenvalue weighted by molar-refractivity contribution is 7.88. The molecule has 1 aliphatic heterocycles. The standard InChI is InChI=1S/C26H45N5O7S/c1-7-10-11-12-14-18-17-26(18,23(34)30-39(36,37)27-9-3)29-21(32)20-15-13-16-31(20)22(33)19(8-2)28-24(35)38-25(4,5)6/h12,14,18-20,27H,7-11,13,15-17H2,1-6H3,(H,28,35)(H,29,32)(H,30,34)/b14-12-/t18-,19+,20+,26-/m1/s1. The molecule has 0 bridgehead atoms. The molecule has 1 aliphatic carbocycles. The van der Waals surface area contributed by atoms with Gasteiger partial charge in [0, 0.05) is 19.0 Å². The van der Waals surface area contributed by atoms with Crippen LogP contribution in [-0.2, 0) is 29.3 Å². The van der Waals surface area contributed by atoms with Crippen LogP contribution in [-0.4, -0.2) is 73.4 Å². The van der Waals surface area contributed by atoms with Gasteiger partial charge in [0.15, 0.2) is 0 Å². The van der Waals surface area contributed by atoms with Crippen molar-refractivity contribution in [2.45, 2.75) is 110 Å². The van der Waals surface area contributed by atoms with Gasteiger partial charge in [-0.05, 0) is 52.9 Å². The molecule has 0 aromatic heterocycles. The average Bonchev–Trinajstić information content (AvgIpc) is 3.29. The minimum absolute atomic E-state index is 0.0946.